The number of fused-ring (bicyclic) bond motifs is 2. The van der Waals surface area contributed by atoms with Crippen molar-refractivity contribution in [2.75, 3.05) is 18.6 Å². The molecule has 1 aromatic carbocycles. The molecular weight excluding hydrogens is 438 g/mol. The molecular formula is C27H31N5OSi. The molecule has 0 saturated carbocycles. The second-order valence-corrected chi connectivity index (χ2v) is 16.1. The Morgan fingerprint density at radius 2 is 1.91 bits per heavy atom. The molecule has 2 aliphatic rings. The summed E-state index contributed by atoms with van der Waals surface area (Å²) in [5, 5.41) is 13.6. The molecule has 174 valence electrons. The fourth-order valence-electron chi connectivity index (χ4n) is 4.83. The van der Waals surface area contributed by atoms with Gasteiger partial charge in [-0.15, -0.1) is 0 Å². The van der Waals surface area contributed by atoms with Gasteiger partial charge < -0.3 is 14.6 Å². The molecule has 0 amide bonds. The van der Waals surface area contributed by atoms with E-state index in [0.29, 0.717) is 13.4 Å². The average Bonchev–Trinajstić information content (AvgIpc) is 3.43. The van der Waals surface area contributed by atoms with Gasteiger partial charge in [-0.05, 0) is 47.7 Å². The van der Waals surface area contributed by atoms with E-state index in [9.17, 15) is 5.26 Å². The van der Waals surface area contributed by atoms with Gasteiger partial charge in [0.2, 0.25) is 0 Å². The minimum absolute atomic E-state index is 0.500. The summed E-state index contributed by atoms with van der Waals surface area (Å²) in [6, 6.07) is 16.3. The van der Waals surface area contributed by atoms with E-state index in [1.54, 1.807) is 0 Å². The first-order valence-corrected chi connectivity index (χ1v) is 15.6. The molecule has 2 aromatic heterocycles. The SMILES string of the molecule is C[Si](C)(C)CCOCn1ccc2c1NCN=C2c1cncc(C2(C#N)Cc3ccccc3C2)c1. The number of rotatable bonds is 7. The van der Waals surface area contributed by atoms with Gasteiger partial charge in [-0.3, -0.25) is 9.98 Å². The van der Waals surface area contributed by atoms with E-state index in [1.807, 2.05) is 24.5 Å². The highest BCUT2D eigenvalue weighted by molar-refractivity contribution is 6.76. The Kier molecular flexibility index (Phi) is 5.88. The van der Waals surface area contributed by atoms with Crippen molar-refractivity contribution in [3.8, 4) is 6.07 Å². The molecule has 5 rings (SSSR count). The molecule has 3 aromatic rings. The topological polar surface area (TPSA) is 75.2 Å². The summed E-state index contributed by atoms with van der Waals surface area (Å²) >= 11 is 0. The number of ether oxygens (including phenoxy) is 1. The summed E-state index contributed by atoms with van der Waals surface area (Å²) in [6.07, 6.45) is 7.18. The summed E-state index contributed by atoms with van der Waals surface area (Å²) in [7, 11) is -1.11. The Morgan fingerprint density at radius 3 is 2.62 bits per heavy atom. The zero-order chi connectivity index (χ0) is 23.8. The third-order valence-corrected chi connectivity index (χ3v) is 8.51. The number of hydrogen-bond acceptors (Lipinski definition) is 5. The molecule has 0 radical (unpaired) electrons. The Bertz CT molecular complexity index is 1260. The zero-order valence-corrected chi connectivity index (χ0v) is 21.1. The third kappa shape index (κ3) is 4.31. The Balaban J connectivity index is 1.38. The maximum Gasteiger partial charge on any atom is 0.124 e. The van der Waals surface area contributed by atoms with Crippen LogP contribution in [0.2, 0.25) is 25.7 Å². The number of anilines is 1. The smallest absolute Gasteiger partial charge is 0.124 e. The molecule has 0 unspecified atom stereocenters. The summed E-state index contributed by atoms with van der Waals surface area (Å²) < 4.78 is 8.08. The highest BCUT2D eigenvalue weighted by atomic mass is 28.3. The van der Waals surface area contributed by atoms with Crippen LogP contribution < -0.4 is 5.32 Å². The van der Waals surface area contributed by atoms with E-state index in [0.717, 1.165) is 53.7 Å². The molecule has 0 spiro atoms. The van der Waals surface area contributed by atoms with Crippen LogP contribution in [0.4, 0.5) is 5.82 Å². The summed E-state index contributed by atoms with van der Waals surface area (Å²) in [6.45, 7) is 8.89. The minimum atomic E-state index is -1.11. The molecule has 0 fully saturated rings. The largest absolute Gasteiger partial charge is 0.361 e. The van der Waals surface area contributed by atoms with Gasteiger partial charge in [-0.1, -0.05) is 43.9 Å². The molecule has 0 saturated heterocycles. The van der Waals surface area contributed by atoms with Crippen LogP contribution >= 0.6 is 0 Å². The normalized spacial score (nSPS) is 16.2. The standard InChI is InChI=1S/C27H31N5OSi/c1-34(2,3)11-10-33-19-32-9-8-24-25(30-18-31-26(24)32)22-12-23(16-29-15-22)27(17-28)13-20-6-4-5-7-21(20)14-27/h4-9,12,15-16,31H,10-11,13-14,18-19H2,1-3H3. The fourth-order valence-corrected chi connectivity index (χ4v) is 5.59. The Morgan fingerprint density at radius 1 is 1.15 bits per heavy atom. The van der Waals surface area contributed by atoms with E-state index >= 15 is 0 Å². The number of nitrogens with zero attached hydrogens (tertiary/aromatic N) is 4. The van der Waals surface area contributed by atoms with E-state index in [1.165, 1.54) is 11.1 Å². The number of benzene rings is 1. The van der Waals surface area contributed by atoms with Gasteiger partial charge >= 0.3 is 0 Å². The lowest BCUT2D eigenvalue weighted by Crippen LogP contribution is -2.26. The molecule has 0 bridgehead atoms. The third-order valence-electron chi connectivity index (χ3n) is 6.81. The van der Waals surface area contributed by atoms with Crippen LogP contribution in [0.25, 0.3) is 0 Å². The van der Waals surface area contributed by atoms with Crippen molar-refractivity contribution < 1.29 is 4.74 Å². The molecule has 3 heterocycles. The summed E-state index contributed by atoms with van der Waals surface area (Å²) in [4.78, 5) is 9.32. The van der Waals surface area contributed by atoms with E-state index in [2.05, 4.69) is 71.0 Å². The lowest BCUT2D eigenvalue weighted by molar-refractivity contribution is 0.0887. The van der Waals surface area contributed by atoms with E-state index < -0.39 is 13.5 Å². The first-order chi connectivity index (χ1) is 16.4. The highest BCUT2D eigenvalue weighted by Crippen LogP contribution is 2.39. The lowest BCUT2D eigenvalue weighted by Gasteiger charge is -2.22. The fraction of sp³-hybridized carbons (Fsp3) is 0.370. The second kappa shape index (κ2) is 8.86. The molecule has 1 aliphatic heterocycles. The van der Waals surface area contributed by atoms with Crippen LogP contribution in [-0.2, 0) is 29.7 Å². The van der Waals surface area contributed by atoms with Crippen LogP contribution in [0.15, 0.2) is 60.0 Å². The van der Waals surface area contributed by atoms with Crippen LogP contribution in [0.1, 0.15) is 27.8 Å². The van der Waals surface area contributed by atoms with E-state index in [-0.39, 0.29) is 0 Å². The number of nitrogens with one attached hydrogen (secondary N) is 1. The molecule has 0 atom stereocenters. The van der Waals surface area contributed by atoms with Gasteiger partial charge in [0.25, 0.3) is 0 Å². The van der Waals surface area contributed by atoms with Gasteiger partial charge in [0.05, 0.1) is 17.2 Å². The molecule has 34 heavy (non-hydrogen) atoms. The maximum absolute atomic E-state index is 10.2. The van der Waals surface area contributed by atoms with Crippen LogP contribution in [0.5, 0.6) is 0 Å². The molecule has 1 aliphatic carbocycles. The zero-order valence-electron chi connectivity index (χ0n) is 20.1. The number of nitriles is 1. The van der Waals surface area contributed by atoms with Crippen molar-refractivity contribution in [1.82, 2.24) is 9.55 Å². The molecule has 6 nitrogen and oxygen atoms in total. The monoisotopic (exact) mass is 469 g/mol. The van der Waals surface area contributed by atoms with Crippen molar-refractivity contribution in [1.29, 1.82) is 5.26 Å². The summed E-state index contributed by atoms with van der Waals surface area (Å²) in [5.74, 6) is 1.02. The van der Waals surface area contributed by atoms with Crippen molar-refractivity contribution in [3.63, 3.8) is 0 Å². The maximum atomic E-state index is 10.2. The number of pyridine rings is 1. The first-order valence-electron chi connectivity index (χ1n) is 11.9. The minimum Gasteiger partial charge on any atom is -0.361 e. The Hall–Kier alpha value is -3.21. The Labute approximate surface area is 202 Å². The van der Waals surface area contributed by atoms with Gasteiger partial charge in [-0.25, -0.2) is 0 Å². The number of hydrogen-bond donors (Lipinski definition) is 1. The second-order valence-electron chi connectivity index (χ2n) is 10.5. The first kappa shape index (κ1) is 22.6. The van der Waals surface area contributed by atoms with Gasteiger partial charge in [-0.2, -0.15) is 5.26 Å². The van der Waals surface area contributed by atoms with Crippen LogP contribution in [0.3, 0.4) is 0 Å². The number of aromatic nitrogens is 2. The average molecular weight is 470 g/mol. The van der Waals surface area contributed by atoms with Crippen molar-refractivity contribution in [2.24, 2.45) is 4.99 Å². The van der Waals surface area contributed by atoms with Crippen LogP contribution in [0, 0.1) is 11.3 Å². The predicted molar refractivity (Wildman–Crippen MR) is 138 cm³/mol. The highest BCUT2D eigenvalue weighted by Gasteiger charge is 2.39. The van der Waals surface area contributed by atoms with Gasteiger partial charge in [0, 0.05) is 44.4 Å². The van der Waals surface area contributed by atoms with Gasteiger partial charge in [0.1, 0.15) is 19.2 Å². The number of aliphatic imine (C=N–C) groups is 1. The lowest BCUT2D eigenvalue weighted by atomic mass is 9.79. The van der Waals surface area contributed by atoms with E-state index in [4.69, 9.17) is 9.73 Å². The van der Waals surface area contributed by atoms with Crippen molar-refractivity contribution in [2.45, 2.75) is 50.7 Å². The van der Waals surface area contributed by atoms with Crippen molar-refractivity contribution in [3.05, 3.63) is 82.8 Å². The predicted octanol–water partition coefficient (Wildman–Crippen LogP) is 4.98. The van der Waals surface area contributed by atoms with Gasteiger partial charge in [0.15, 0.2) is 0 Å². The molecule has 7 heteroatoms. The quantitative estimate of drug-likeness (QED) is 0.391. The summed E-state index contributed by atoms with van der Waals surface area (Å²) in [5.41, 5.74) is 5.78. The van der Waals surface area contributed by atoms with Crippen LogP contribution in [-0.4, -0.2) is 36.6 Å². The van der Waals surface area contributed by atoms with Crippen molar-refractivity contribution >= 4 is 19.6 Å². The molecule has 1 N–H and O–H groups in total.